The molecular weight excluding hydrogens is 180 g/mol. The van der Waals surface area contributed by atoms with Crippen LogP contribution in [0.3, 0.4) is 0 Å². The first kappa shape index (κ1) is 8.96. The van der Waals surface area contributed by atoms with Gasteiger partial charge in [-0.1, -0.05) is 67.2 Å². The fraction of sp³-hybridized carbons (Fsp3) is 0.333. The number of hydrogen-bond acceptors (Lipinski definition) is 0. The third-order valence-corrected chi connectivity index (χ3v) is 3.76. The lowest BCUT2D eigenvalue weighted by Gasteiger charge is -2.36. The third-order valence-electron chi connectivity index (χ3n) is 3.76. The van der Waals surface area contributed by atoms with Gasteiger partial charge in [-0.3, -0.25) is 0 Å². The second-order valence-corrected chi connectivity index (χ2v) is 4.69. The van der Waals surface area contributed by atoms with Gasteiger partial charge in [-0.05, 0) is 5.92 Å². The van der Waals surface area contributed by atoms with Gasteiger partial charge in [0.05, 0.1) is 0 Å². The minimum atomic E-state index is 0.594. The van der Waals surface area contributed by atoms with Crippen molar-refractivity contribution >= 4 is 0 Å². The first-order valence-corrected chi connectivity index (χ1v) is 5.78. The molecule has 4 atom stereocenters. The average Bonchev–Trinajstić information content (AvgIpc) is 2.29. The van der Waals surface area contributed by atoms with E-state index in [4.69, 9.17) is 0 Å². The maximum Gasteiger partial charge on any atom is 0.00868 e. The number of fused-ring (bicyclic) bond motifs is 3. The van der Waals surface area contributed by atoms with Crippen molar-refractivity contribution in [3.8, 4) is 0 Å². The Balaban J connectivity index is 2.04. The van der Waals surface area contributed by atoms with E-state index in [0.29, 0.717) is 23.7 Å². The standard InChI is InChI=1S/C15H16/c1-11-5-4-8-15-13(11)10-9-12-6-2-3-7-14(12)15/h2-14H,1H3. The summed E-state index contributed by atoms with van der Waals surface area (Å²) in [4.78, 5) is 0. The van der Waals surface area contributed by atoms with Crippen molar-refractivity contribution in [2.45, 2.75) is 6.92 Å². The molecule has 76 valence electrons. The van der Waals surface area contributed by atoms with E-state index in [1.54, 1.807) is 5.57 Å². The SMILES string of the molecule is CC1C=CC=C2C1C=CC1C=CC=CC21. The Morgan fingerprint density at radius 2 is 1.67 bits per heavy atom. The topological polar surface area (TPSA) is 0 Å². The summed E-state index contributed by atoms with van der Waals surface area (Å²) < 4.78 is 0. The van der Waals surface area contributed by atoms with Crippen LogP contribution in [0.25, 0.3) is 0 Å². The van der Waals surface area contributed by atoms with Gasteiger partial charge in [-0.25, -0.2) is 0 Å². The van der Waals surface area contributed by atoms with E-state index in [0.717, 1.165) is 0 Å². The monoisotopic (exact) mass is 196 g/mol. The highest BCUT2D eigenvalue weighted by molar-refractivity contribution is 5.39. The predicted octanol–water partition coefficient (Wildman–Crippen LogP) is 3.66. The zero-order valence-corrected chi connectivity index (χ0v) is 9.01. The van der Waals surface area contributed by atoms with Gasteiger partial charge in [0.25, 0.3) is 0 Å². The molecule has 0 saturated heterocycles. The second kappa shape index (κ2) is 3.37. The normalized spacial score (nSPS) is 41.0. The Kier molecular flexibility index (Phi) is 2.02. The summed E-state index contributed by atoms with van der Waals surface area (Å²) in [6.07, 6.45) is 20.6. The fourth-order valence-corrected chi connectivity index (χ4v) is 2.89. The van der Waals surface area contributed by atoms with Crippen molar-refractivity contribution in [2.24, 2.45) is 23.7 Å². The molecule has 0 nitrogen and oxygen atoms in total. The van der Waals surface area contributed by atoms with Crippen LogP contribution in [0.1, 0.15) is 6.92 Å². The van der Waals surface area contributed by atoms with Crippen LogP contribution < -0.4 is 0 Å². The maximum atomic E-state index is 2.39. The van der Waals surface area contributed by atoms with Crippen LogP contribution in [-0.2, 0) is 0 Å². The average molecular weight is 196 g/mol. The van der Waals surface area contributed by atoms with E-state index in [9.17, 15) is 0 Å². The molecule has 3 rings (SSSR count). The zero-order chi connectivity index (χ0) is 10.3. The van der Waals surface area contributed by atoms with Crippen LogP contribution >= 0.6 is 0 Å². The quantitative estimate of drug-likeness (QED) is 0.519. The molecular formula is C15H16. The maximum absolute atomic E-state index is 2.39. The van der Waals surface area contributed by atoms with Gasteiger partial charge < -0.3 is 0 Å². The van der Waals surface area contributed by atoms with Crippen molar-refractivity contribution in [3.05, 3.63) is 60.3 Å². The van der Waals surface area contributed by atoms with Crippen LogP contribution in [-0.4, -0.2) is 0 Å². The highest BCUT2D eigenvalue weighted by Gasteiger charge is 2.31. The summed E-state index contributed by atoms with van der Waals surface area (Å²) in [6, 6.07) is 0. The number of allylic oxidation sites excluding steroid dienone is 10. The molecule has 0 radical (unpaired) electrons. The Hall–Kier alpha value is -1.30. The summed E-state index contributed by atoms with van der Waals surface area (Å²) >= 11 is 0. The molecule has 0 bridgehead atoms. The van der Waals surface area contributed by atoms with Crippen LogP contribution in [0.5, 0.6) is 0 Å². The van der Waals surface area contributed by atoms with E-state index in [1.807, 2.05) is 0 Å². The summed E-state index contributed by atoms with van der Waals surface area (Å²) in [5.74, 6) is 2.49. The van der Waals surface area contributed by atoms with Crippen molar-refractivity contribution in [3.63, 3.8) is 0 Å². The van der Waals surface area contributed by atoms with Gasteiger partial charge in [-0.15, -0.1) is 0 Å². The Morgan fingerprint density at radius 3 is 2.60 bits per heavy atom. The zero-order valence-electron chi connectivity index (χ0n) is 9.01. The van der Waals surface area contributed by atoms with E-state index >= 15 is 0 Å². The molecule has 3 aliphatic rings. The van der Waals surface area contributed by atoms with Gasteiger partial charge >= 0.3 is 0 Å². The van der Waals surface area contributed by atoms with Crippen LogP contribution in [0, 0.1) is 23.7 Å². The van der Waals surface area contributed by atoms with Gasteiger partial charge in [0.15, 0.2) is 0 Å². The Labute approximate surface area is 91.4 Å². The van der Waals surface area contributed by atoms with E-state index < -0.39 is 0 Å². The lowest BCUT2D eigenvalue weighted by molar-refractivity contribution is 0.465. The van der Waals surface area contributed by atoms with Crippen molar-refractivity contribution in [1.29, 1.82) is 0 Å². The molecule has 15 heavy (non-hydrogen) atoms. The van der Waals surface area contributed by atoms with Crippen LogP contribution in [0.2, 0.25) is 0 Å². The summed E-state index contributed by atoms with van der Waals surface area (Å²) in [6.45, 7) is 2.31. The molecule has 0 amide bonds. The van der Waals surface area contributed by atoms with E-state index in [2.05, 4.69) is 61.6 Å². The van der Waals surface area contributed by atoms with Crippen LogP contribution in [0.15, 0.2) is 60.3 Å². The highest BCUT2D eigenvalue weighted by atomic mass is 14.4. The van der Waals surface area contributed by atoms with Crippen molar-refractivity contribution < 1.29 is 0 Å². The Bertz CT molecular complexity index is 404. The molecule has 0 fully saturated rings. The first-order chi connectivity index (χ1) is 7.36. The molecule has 0 spiro atoms. The largest absolute Gasteiger partial charge is 0.0808 e. The van der Waals surface area contributed by atoms with Gasteiger partial charge in [0.1, 0.15) is 0 Å². The molecule has 0 aromatic carbocycles. The molecule has 0 aliphatic heterocycles. The van der Waals surface area contributed by atoms with Gasteiger partial charge in [0, 0.05) is 17.8 Å². The summed E-state index contributed by atoms with van der Waals surface area (Å²) in [5, 5.41) is 0. The highest BCUT2D eigenvalue weighted by Crippen LogP contribution is 2.42. The molecule has 0 heterocycles. The summed E-state index contributed by atoms with van der Waals surface area (Å²) in [7, 11) is 0. The van der Waals surface area contributed by atoms with E-state index in [-0.39, 0.29) is 0 Å². The second-order valence-electron chi connectivity index (χ2n) is 4.69. The van der Waals surface area contributed by atoms with E-state index in [1.165, 1.54) is 0 Å². The lowest BCUT2D eigenvalue weighted by atomic mass is 9.68. The fourth-order valence-electron chi connectivity index (χ4n) is 2.89. The molecule has 0 heteroatoms. The molecule has 0 N–H and O–H groups in total. The van der Waals surface area contributed by atoms with Gasteiger partial charge in [0.2, 0.25) is 0 Å². The molecule has 0 aromatic heterocycles. The minimum Gasteiger partial charge on any atom is -0.0808 e. The number of rotatable bonds is 0. The molecule has 0 aromatic rings. The first-order valence-electron chi connectivity index (χ1n) is 5.78. The minimum absolute atomic E-state index is 0.594. The molecule has 4 unspecified atom stereocenters. The van der Waals surface area contributed by atoms with Crippen molar-refractivity contribution in [2.75, 3.05) is 0 Å². The van der Waals surface area contributed by atoms with Crippen molar-refractivity contribution in [1.82, 2.24) is 0 Å². The molecule has 0 saturated carbocycles. The third kappa shape index (κ3) is 1.36. The smallest absolute Gasteiger partial charge is 0.00868 e. The lowest BCUT2D eigenvalue weighted by Crippen LogP contribution is -2.26. The molecule has 3 aliphatic carbocycles. The predicted molar refractivity (Wildman–Crippen MR) is 64.3 cm³/mol. The van der Waals surface area contributed by atoms with Crippen LogP contribution in [0.4, 0.5) is 0 Å². The number of hydrogen-bond donors (Lipinski definition) is 0. The summed E-state index contributed by atoms with van der Waals surface area (Å²) in [5.41, 5.74) is 1.60. The van der Waals surface area contributed by atoms with Gasteiger partial charge in [-0.2, -0.15) is 0 Å². The Morgan fingerprint density at radius 1 is 0.800 bits per heavy atom.